The fourth-order valence-electron chi connectivity index (χ4n) is 0.634. The Hall–Kier alpha value is -0.280. The van der Waals surface area contributed by atoms with Gasteiger partial charge in [0.05, 0.1) is 6.61 Å². The molecule has 0 aliphatic heterocycles. The highest BCUT2D eigenvalue weighted by atomic mass is 35.5. The normalized spacial score (nSPS) is 12.6. The predicted octanol–water partition coefficient (Wildman–Crippen LogP) is 1.32. The average molecular weight is 195 g/mol. The number of hydrogen-bond acceptors (Lipinski definition) is 3. The summed E-state index contributed by atoms with van der Waals surface area (Å²) < 4.78 is 4.75. The maximum absolute atomic E-state index is 10.9. The van der Waals surface area contributed by atoms with Gasteiger partial charge in [0.1, 0.15) is 0 Å². The van der Waals surface area contributed by atoms with Gasteiger partial charge in [0, 0.05) is 5.88 Å². The number of aliphatic hydroxyl groups is 1. The summed E-state index contributed by atoms with van der Waals surface area (Å²) >= 11 is 5.33. The zero-order chi connectivity index (χ0) is 9.40. The van der Waals surface area contributed by atoms with E-state index in [2.05, 4.69) is 0 Å². The Morgan fingerprint density at radius 2 is 2.33 bits per heavy atom. The molecule has 12 heavy (non-hydrogen) atoms. The van der Waals surface area contributed by atoms with Crippen LogP contribution in [0.15, 0.2) is 0 Å². The van der Waals surface area contributed by atoms with E-state index >= 15 is 0 Å². The average Bonchev–Trinajstić information content (AvgIpc) is 2.05. The molecule has 1 N–H and O–H groups in total. The topological polar surface area (TPSA) is 46.5 Å². The fourth-order valence-corrected chi connectivity index (χ4v) is 0.841. The second kappa shape index (κ2) is 7.37. The first kappa shape index (κ1) is 11.7. The molecule has 0 aliphatic rings. The van der Waals surface area contributed by atoms with Crippen LogP contribution in [0.2, 0.25) is 0 Å². The van der Waals surface area contributed by atoms with Crippen LogP contribution in [0.3, 0.4) is 0 Å². The second-order valence-electron chi connectivity index (χ2n) is 2.51. The quantitative estimate of drug-likeness (QED) is 0.394. The SMILES string of the molecule is CCCCOC(=O)C(O)CCCl. The smallest absolute Gasteiger partial charge is 0.334 e. The Morgan fingerprint density at radius 1 is 1.67 bits per heavy atom. The molecule has 0 aromatic heterocycles. The van der Waals surface area contributed by atoms with Crippen molar-refractivity contribution >= 4 is 17.6 Å². The predicted molar refractivity (Wildman–Crippen MR) is 47.2 cm³/mol. The highest BCUT2D eigenvalue weighted by molar-refractivity contribution is 6.18. The molecule has 0 aromatic carbocycles. The van der Waals surface area contributed by atoms with E-state index in [1.807, 2.05) is 6.92 Å². The van der Waals surface area contributed by atoms with Crippen LogP contribution in [-0.4, -0.2) is 29.7 Å². The number of halogens is 1. The zero-order valence-corrected chi connectivity index (χ0v) is 8.01. The van der Waals surface area contributed by atoms with E-state index in [1.54, 1.807) is 0 Å². The molecular formula is C8H15ClO3. The summed E-state index contributed by atoms with van der Waals surface area (Å²) in [7, 11) is 0. The van der Waals surface area contributed by atoms with Crippen LogP contribution >= 0.6 is 11.6 Å². The number of aliphatic hydroxyl groups excluding tert-OH is 1. The van der Waals surface area contributed by atoms with Crippen LogP contribution < -0.4 is 0 Å². The van der Waals surface area contributed by atoms with Gasteiger partial charge in [-0.25, -0.2) is 4.79 Å². The molecule has 0 spiro atoms. The molecule has 0 heterocycles. The fraction of sp³-hybridized carbons (Fsp3) is 0.875. The lowest BCUT2D eigenvalue weighted by atomic mass is 10.3. The molecule has 72 valence electrons. The minimum absolute atomic E-state index is 0.256. The number of hydrogen-bond donors (Lipinski definition) is 1. The number of unbranched alkanes of at least 4 members (excludes halogenated alkanes) is 1. The Bertz CT molecular complexity index is 127. The first-order valence-corrected chi connectivity index (χ1v) is 4.66. The van der Waals surface area contributed by atoms with Crippen molar-refractivity contribution in [3.05, 3.63) is 0 Å². The Labute approximate surface area is 77.7 Å². The van der Waals surface area contributed by atoms with Gasteiger partial charge in [0.15, 0.2) is 6.10 Å². The summed E-state index contributed by atoms with van der Waals surface area (Å²) in [6.07, 6.45) is 1.00. The van der Waals surface area contributed by atoms with Gasteiger partial charge in [-0.15, -0.1) is 11.6 Å². The van der Waals surface area contributed by atoms with E-state index in [0.29, 0.717) is 6.61 Å². The van der Waals surface area contributed by atoms with Gasteiger partial charge < -0.3 is 9.84 Å². The maximum Gasteiger partial charge on any atom is 0.334 e. The maximum atomic E-state index is 10.9. The summed E-state index contributed by atoms with van der Waals surface area (Å²) in [5.41, 5.74) is 0. The lowest BCUT2D eigenvalue weighted by molar-refractivity contribution is -0.153. The van der Waals surface area contributed by atoms with Gasteiger partial charge in [-0.3, -0.25) is 0 Å². The van der Waals surface area contributed by atoms with Crippen LogP contribution in [0.1, 0.15) is 26.2 Å². The van der Waals surface area contributed by atoms with Crippen molar-refractivity contribution in [2.45, 2.75) is 32.3 Å². The molecule has 1 atom stereocenters. The Balaban J connectivity index is 3.43. The molecule has 0 aromatic rings. The van der Waals surface area contributed by atoms with Crippen molar-refractivity contribution in [3.63, 3.8) is 0 Å². The molecule has 0 radical (unpaired) electrons. The minimum atomic E-state index is -1.06. The molecule has 0 saturated carbocycles. The zero-order valence-electron chi connectivity index (χ0n) is 7.25. The summed E-state index contributed by atoms with van der Waals surface area (Å²) in [5.74, 6) is -0.298. The molecule has 0 saturated heterocycles. The second-order valence-corrected chi connectivity index (χ2v) is 2.89. The number of esters is 1. The van der Waals surface area contributed by atoms with Gasteiger partial charge in [0.2, 0.25) is 0 Å². The molecule has 0 rings (SSSR count). The molecule has 0 aliphatic carbocycles. The molecule has 0 fully saturated rings. The summed E-state index contributed by atoms with van der Waals surface area (Å²) in [5, 5.41) is 9.06. The van der Waals surface area contributed by atoms with Crippen LogP contribution in [0.25, 0.3) is 0 Å². The molecule has 0 bridgehead atoms. The number of alkyl halides is 1. The lowest BCUT2D eigenvalue weighted by Gasteiger charge is -2.08. The molecule has 1 unspecified atom stereocenters. The van der Waals surface area contributed by atoms with Gasteiger partial charge in [-0.1, -0.05) is 13.3 Å². The number of carbonyl (C=O) groups is 1. The monoisotopic (exact) mass is 194 g/mol. The van der Waals surface area contributed by atoms with Gasteiger partial charge in [-0.05, 0) is 12.8 Å². The highest BCUT2D eigenvalue weighted by Gasteiger charge is 2.14. The van der Waals surface area contributed by atoms with E-state index in [4.69, 9.17) is 21.4 Å². The van der Waals surface area contributed by atoms with E-state index in [-0.39, 0.29) is 12.3 Å². The van der Waals surface area contributed by atoms with E-state index in [9.17, 15) is 4.79 Å². The molecule has 3 nitrogen and oxygen atoms in total. The standard InChI is InChI=1S/C8H15ClO3/c1-2-3-6-12-8(11)7(10)4-5-9/h7,10H,2-6H2,1H3. The van der Waals surface area contributed by atoms with Crippen molar-refractivity contribution in [1.82, 2.24) is 0 Å². The number of carbonyl (C=O) groups excluding carboxylic acids is 1. The largest absolute Gasteiger partial charge is 0.464 e. The van der Waals surface area contributed by atoms with Crippen molar-refractivity contribution in [3.8, 4) is 0 Å². The third-order valence-corrected chi connectivity index (χ3v) is 1.62. The van der Waals surface area contributed by atoms with Crippen LogP contribution in [0.5, 0.6) is 0 Å². The van der Waals surface area contributed by atoms with Crippen LogP contribution in [0, 0.1) is 0 Å². The van der Waals surface area contributed by atoms with E-state index in [0.717, 1.165) is 12.8 Å². The summed E-state index contributed by atoms with van der Waals surface area (Å²) in [4.78, 5) is 10.9. The highest BCUT2D eigenvalue weighted by Crippen LogP contribution is 1.98. The Morgan fingerprint density at radius 3 is 2.83 bits per heavy atom. The third kappa shape index (κ3) is 5.38. The van der Waals surface area contributed by atoms with Crippen molar-refractivity contribution in [1.29, 1.82) is 0 Å². The van der Waals surface area contributed by atoms with E-state index < -0.39 is 12.1 Å². The first-order valence-electron chi connectivity index (χ1n) is 4.13. The first-order chi connectivity index (χ1) is 5.72. The Kier molecular flexibility index (Phi) is 7.20. The number of ether oxygens (including phenoxy) is 1. The van der Waals surface area contributed by atoms with Crippen molar-refractivity contribution in [2.75, 3.05) is 12.5 Å². The van der Waals surface area contributed by atoms with Crippen molar-refractivity contribution in [2.24, 2.45) is 0 Å². The third-order valence-electron chi connectivity index (χ3n) is 1.40. The number of rotatable bonds is 6. The lowest BCUT2D eigenvalue weighted by Crippen LogP contribution is -2.23. The summed E-state index contributed by atoms with van der Waals surface area (Å²) in [6.45, 7) is 2.39. The van der Waals surface area contributed by atoms with E-state index in [1.165, 1.54) is 0 Å². The van der Waals surface area contributed by atoms with Gasteiger partial charge >= 0.3 is 5.97 Å². The molecule has 4 heteroatoms. The van der Waals surface area contributed by atoms with Crippen molar-refractivity contribution < 1.29 is 14.6 Å². The summed E-state index contributed by atoms with van der Waals surface area (Å²) in [6, 6.07) is 0. The minimum Gasteiger partial charge on any atom is -0.464 e. The molecular weight excluding hydrogens is 180 g/mol. The van der Waals surface area contributed by atoms with Gasteiger partial charge in [-0.2, -0.15) is 0 Å². The van der Waals surface area contributed by atoms with Crippen LogP contribution in [-0.2, 0) is 9.53 Å². The van der Waals surface area contributed by atoms with Gasteiger partial charge in [0.25, 0.3) is 0 Å². The van der Waals surface area contributed by atoms with Crippen LogP contribution in [0.4, 0.5) is 0 Å². The molecule has 0 amide bonds.